The SMILES string of the molecule is CC1CC1(O)n1ncnn1. The Hall–Kier alpha value is -0.970. The Morgan fingerprint density at radius 2 is 2.50 bits per heavy atom. The molecule has 54 valence electrons. The highest BCUT2D eigenvalue weighted by atomic mass is 16.3. The van der Waals surface area contributed by atoms with Gasteiger partial charge in [0, 0.05) is 12.3 Å². The first-order valence-corrected chi connectivity index (χ1v) is 3.19. The Morgan fingerprint density at radius 3 is 2.90 bits per heavy atom. The highest BCUT2D eigenvalue weighted by Crippen LogP contribution is 2.45. The fourth-order valence-corrected chi connectivity index (χ4v) is 1.02. The molecular weight excluding hydrogens is 132 g/mol. The molecule has 0 aromatic carbocycles. The number of aromatic nitrogens is 4. The fourth-order valence-electron chi connectivity index (χ4n) is 1.02. The van der Waals surface area contributed by atoms with Gasteiger partial charge in [-0.3, -0.25) is 0 Å². The summed E-state index contributed by atoms with van der Waals surface area (Å²) in [5, 5.41) is 20.4. The average Bonchev–Trinajstić information content (AvgIpc) is 2.35. The maximum Gasteiger partial charge on any atom is 0.181 e. The minimum Gasteiger partial charge on any atom is -0.367 e. The van der Waals surface area contributed by atoms with E-state index in [1.54, 1.807) is 0 Å². The number of tetrazole rings is 1. The van der Waals surface area contributed by atoms with Crippen molar-refractivity contribution in [2.75, 3.05) is 0 Å². The lowest BCUT2D eigenvalue weighted by atomic mass is 10.4. The topological polar surface area (TPSA) is 63.8 Å². The largest absolute Gasteiger partial charge is 0.367 e. The van der Waals surface area contributed by atoms with Crippen LogP contribution in [0.2, 0.25) is 0 Å². The molecule has 10 heavy (non-hydrogen) atoms. The average molecular weight is 140 g/mol. The van der Waals surface area contributed by atoms with Crippen LogP contribution in [-0.4, -0.2) is 25.3 Å². The zero-order valence-corrected chi connectivity index (χ0v) is 5.60. The number of aliphatic hydroxyl groups is 1. The van der Waals surface area contributed by atoms with E-state index in [1.165, 1.54) is 11.1 Å². The van der Waals surface area contributed by atoms with Crippen LogP contribution < -0.4 is 0 Å². The van der Waals surface area contributed by atoms with Gasteiger partial charge in [0.1, 0.15) is 0 Å². The molecule has 0 aliphatic heterocycles. The minimum atomic E-state index is -0.837. The van der Waals surface area contributed by atoms with Gasteiger partial charge in [-0.25, -0.2) is 0 Å². The molecule has 0 spiro atoms. The van der Waals surface area contributed by atoms with E-state index in [2.05, 4.69) is 15.4 Å². The van der Waals surface area contributed by atoms with Crippen molar-refractivity contribution >= 4 is 0 Å². The van der Waals surface area contributed by atoms with Gasteiger partial charge in [-0.1, -0.05) is 6.92 Å². The molecule has 0 amide bonds. The molecule has 1 saturated carbocycles. The third-order valence-corrected chi connectivity index (χ3v) is 1.93. The highest BCUT2D eigenvalue weighted by molar-refractivity contribution is 4.92. The lowest BCUT2D eigenvalue weighted by Gasteiger charge is -2.04. The zero-order chi connectivity index (χ0) is 7.19. The normalized spacial score (nSPS) is 38.0. The summed E-state index contributed by atoms with van der Waals surface area (Å²) in [6, 6.07) is 0. The molecule has 0 saturated heterocycles. The lowest BCUT2D eigenvalue weighted by Crippen LogP contribution is -2.21. The highest BCUT2D eigenvalue weighted by Gasteiger charge is 2.53. The molecular formula is C5H8N4O. The summed E-state index contributed by atoms with van der Waals surface area (Å²) in [5.74, 6) is 0.252. The summed E-state index contributed by atoms with van der Waals surface area (Å²) in [6.45, 7) is 1.95. The lowest BCUT2D eigenvalue weighted by molar-refractivity contribution is 0.0284. The molecule has 1 aromatic heterocycles. The van der Waals surface area contributed by atoms with Crippen molar-refractivity contribution in [3.63, 3.8) is 0 Å². The van der Waals surface area contributed by atoms with Crippen LogP contribution in [-0.2, 0) is 5.72 Å². The van der Waals surface area contributed by atoms with Gasteiger partial charge < -0.3 is 5.11 Å². The van der Waals surface area contributed by atoms with Crippen LogP contribution in [0.1, 0.15) is 13.3 Å². The first-order chi connectivity index (χ1) is 4.73. The third-order valence-electron chi connectivity index (χ3n) is 1.93. The van der Waals surface area contributed by atoms with Gasteiger partial charge in [0.25, 0.3) is 0 Å². The summed E-state index contributed by atoms with van der Waals surface area (Å²) < 4.78 is 0. The Kier molecular flexibility index (Phi) is 0.894. The van der Waals surface area contributed by atoms with E-state index in [1.807, 2.05) is 6.92 Å². The predicted molar refractivity (Wildman–Crippen MR) is 31.8 cm³/mol. The molecule has 2 rings (SSSR count). The molecule has 2 atom stereocenters. The number of rotatable bonds is 1. The van der Waals surface area contributed by atoms with Crippen molar-refractivity contribution in [2.45, 2.75) is 19.1 Å². The van der Waals surface area contributed by atoms with Gasteiger partial charge in [0.15, 0.2) is 12.1 Å². The Bertz CT molecular complexity index is 234. The maximum absolute atomic E-state index is 9.56. The Balaban J connectivity index is 2.30. The van der Waals surface area contributed by atoms with Gasteiger partial charge in [0.2, 0.25) is 0 Å². The van der Waals surface area contributed by atoms with Gasteiger partial charge in [-0.2, -0.15) is 0 Å². The van der Waals surface area contributed by atoms with Crippen molar-refractivity contribution < 1.29 is 5.11 Å². The summed E-state index contributed by atoms with van der Waals surface area (Å²) in [5.41, 5.74) is -0.837. The van der Waals surface area contributed by atoms with E-state index < -0.39 is 5.72 Å². The van der Waals surface area contributed by atoms with Crippen LogP contribution in [0.25, 0.3) is 0 Å². The number of hydrogen-bond acceptors (Lipinski definition) is 4. The van der Waals surface area contributed by atoms with Crippen molar-refractivity contribution in [1.29, 1.82) is 0 Å². The first kappa shape index (κ1) is 5.79. The molecule has 1 aliphatic carbocycles. The van der Waals surface area contributed by atoms with Crippen LogP contribution in [0.3, 0.4) is 0 Å². The Labute approximate surface area is 57.7 Å². The van der Waals surface area contributed by atoms with E-state index >= 15 is 0 Å². The van der Waals surface area contributed by atoms with E-state index in [-0.39, 0.29) is 5.92 Å². The van der Waals surface area contributed by atoms with Crippen molar-refractivity contribution in [2.24, 2.45) is 5.92 Å². The monoisotopic (exact) mass is 140 g/mol. The van der Waals surface area contributed by atoms with Crippen molar-refractivity contribution in [3.8, 4) is 0 Å². The van der Waals surface area contributed by atoms with E-state index in [0.29, 0.717) is 0 Å². The molecule has 5 nitrogen and oxygen atoms in total. The van der Waals surface area contributed by atoms with E-state index in [4.69, 9.17) is 0 Å². The summed E-state index contributed by atoms with van der Waals surface area (Å²) in [4.78, 5) is 1.26. The molecule has 1 aromatic rings. The molecule has 1 heterocycles. The summed E-state index contributed by atoms with van der Waals surface area (Å²) >= 11 is 0. The van der Waals surface area contributed by atoms with Crippen LogP contribution in [0, 0.1) is 5.92 Å². The molecule has 0 bridgehead atoms. The first-order valence-electron chi connectivity index (χ1n) is 3.19. The van der Waals surface area contributed by atoms with Gasteiger partial charge in [0.05, 0.1) is 0 Å². The molecule has 1 fully saturated rings. The summed E-state index contributed by atoms with van der Waals surface area (Å²) in [6.07, 6.45) is 2.05. The third kappa shape index (κ3) is 0.578. The van der Waals surface area contributed by atoms with E-state index in [0.717, 1.165) is 6.42 Å². The predicted octanol–water partition coefficient (Wildman–Crippen LogP) is -0.642. The van der Waals surface area contributed by atoms with Gasteiger partial charge in [-0.05, 0) is 5.21 Å². The molecule has 2 unspecified atom stereocenters. The fraction of sp³-hybridized carbons (Fsp3) is 0.800. The number of nitrogens with zero attached hydrogens (tertiary/aromatic N) is 4. The van der Waals surface area contributed by atoms with Crippen LogP contribution in [0.15, 0.2) is 6.33 Å². The van der Waals surface area contributed by atoms with Crippen molar-refractivity contribution in [3.05, 3.63) is 6.33 Å². The van der Waals surface area contributed by atoms with Gasteiger partial charge >= 0.3 is 0 Å². The molecule has 1 N–H and O–H groups in total. The molecule has 0 radical (unpaired) electrons. The number of hydrogen-bond donors (Lipinski definition) is 1. The van der Waals surface area contributed by atoms with Crippen LogP contribution >= 0.6 is 0 Å². The second-order valence-corrected chi connectivity index (χ2v) is 2.71. The van der Waals surface area contributed by atoms with Crippen LogP contribution in [0.5, 0.6) is 0 Å². The second-order valence-electron chi connectivity index (χ2n) is 2.71. The standard InChI is InChI=1S/C5H8N4O/c1-4-2-5(4,10)9-7-3-6-8-9/h3-4,10H,2H2,1H3. The Morgan fingerprint density at radius 1 is 1.80 bits per heavy atom. The molecule has 5 heteroatoms. The van der Waals surface area contributed by atoms with E-state index in [9.17, 15) is 5.11 Å². The van der Waals surface area contributed by atoms with Crippen molar-refractivity contribution in [1.82, 2.24) is 20.2 Å². The second kappa shape index (κ2) is 1.54. The van der Waals surface area contributed by atoms with Gasteiger partial charge in [-0.15, -0.1) is 15.0 Å². The minimum absolute atomic E-state index is 0.252. The molecule has 1 aliphatic rings. The smallest absolute Gasteiger partial charge is 0.181 e. The van der Waals surface area contributed by atoms with Crippen LogP contribution in [0.4, 0.5) is 0 Å². The zero-order valence-electron chi connectivity index (χ0n) is 5.60. The maximum atomic E-state index is 9.56. The summed E-state index contributed by atoms with van der Waals surface area (Å²) in [7, 11) is 0. The quantitative estimate of drug-likeness (QED) is 0.563.